The van der Waals surface area contributed by atoms with Crippen molar-refractivity contribution in [3.05, 3.63) is 18.5 Å². The first-order valence-corrected chi connectivity index (χ1v) is 6.28. The van der Waals surface area contributed by atoms with Gasteiger partial charge in [0.05, 0.1) is 0 Å². The quantitative estimate of drug-likeness (QED) is 0.682. The van der Waals surface area contributed by atoms with Gasteiger partial charge in [-0.15, -0.1) is 0 Å². The molecule has 1 heterocycles. The molecule has 0 bridgehead atoms. The zero-order valence-electron chi connectivity index (χ0n) is 11.1. The first-order chi connectivity index (χ1) is 9.09. The van der Waals surface area contributed by atoms with Gasteiger partial charge in [-0.3, -0.25) is 9.48 Å². The van der Waals surface area contributed by atoms with Gasteiger partial charge in [-0.2, -0.15) is 5.10 Å². The molecule has 0 aromatic carbocycles. The standard InChI is InChI=1S/C12H20N4O3/c1-15(8-2-5-11(17)18)12(19)13-6-3-9-16-10-4-7-14-16/h4,7,10H,2-3,5-6,8-9H2,1H3,(H,13,19)(H,17,18). The van der Waals surface area contributed by atoms with Gasteiger partial charge in [0.25, 0.3) is 0 Å². The molecule has 1 aromatic heterocycles. The third-order valence-corrected chi connectivity index (χ3v) is 2.63. The number of nitrogens with one attached hydrogen (secondary N) is 1. The first-order valence-electron chi connectivity index (χ1n) is 6.28. The number of nitrogens with zero attached hydrogens (tertiary/aromatic N) is 3. The van der Waals surface area contributed by atoms with E-state index in [2.05, 4.69) is 10.4 Å². The Morgan fingerprint density at radius 3 is 2.84 bits per heavy atom. The molecular formula is C12H20N4O3. The third kappa shape index (κ3) is 6.44. The average Bonchev–Trinajstić information content (AvgIpc) is 2.86. The molecule has 0 radical (unpaired) electrons. The zero-order chi connectivity index (χ0) is 14.1. The van der Waals surface area contributed by atoms with Crippen molar-refractivity contribution in [3.8, 4) is 0 Å². The van der Waals surface area contributed by atoms with Crippen molar-refractivity contribution in [2.45, 2.75) is 25.8 Å². The second kappa shape index (κ2) is 8.12. The molecule has 0 saturated heterocycles. The van der Waals surface area contributed by atoms with Crippen molar-refractivity contribution >= 4 is 12.0 Å². The van der Waals surface area contributed by atoms with Crippen LogP contribution in [0.15, 0.2) is 18.5 Å². The number of carbonyl (C=O) groups is 2. The predicted molar refractivity (Wildman–Crippen MR) is 69.7 cm³/mol. The van der Waals surface area contributed by atoms with Gasteiger partial charge in [-0.1, -0.05) is 0 Å². The molecule has 7 heteroatoms. The van der Waals surface area contributed by atoms with Gasteiger partial charge in [0.15, 0.2) is 0 Å². The molecule has 0 aliphatic heterocycles. The Balaban J connectivity index is 2.07. The van der Waals surface area contributed by atoms with Crippen LogP contribution < -0.4 is 5.32 Å². The summed E-state index contributed by atoms with van der Waals surface area (Å²) < 4.78 is 1.81. The summed E-state index contributed by atoms with van der Waals surface area (Å²) >= 11 is 0. The number of aryl methyl sites for hydroxylation is 1. The molecule has 0 aliphatic rings. The number of carboxylic acids is 1. The van der Waals surface area contributed by atoms with Crippen LogP contribution in [0.25, 0.3) is 0 Å². The highest BCUT2D eigenvalue weighted by Crippen LogP contribution is 1.94. The number of hydrogen-bond donors (Lipinski definition) is 2. The largest absolute Gasteiger partial charge is 0.481 e. The summed E-state index contributed by atoms with van der Waals surface area (Å²) in [6.07, 6.45) is 4.94. The Bertz CT molecular complexity index is 392. The summed E-state index contributed by atoms with van der Waals surface area (Å²) in [6.45, 7) is 1.77. The number of aromatic nitrogens is 2. The summed E-state index contributed by atoms with van der Waals surface area (Å²) in [5.74, 6) is -0.840. The maximum atomic E-state index is 11.6. The Kier molecular flexibility index (Phi) is 6.42. The molecule has 19 heavy (non-hydrogen) atoms. The summed E-state index contributed by atoms with van der Waals surface area (Å²) in [6, 6.07) is 1.68. The van der Waals surface area contributed by atoms with E-state index < -0.39 is 5.97 Å². The van der Waals surface area contributed by atoms with Crippen molar-refractivity contribution in [1.82, 2.24) is 20.0 Å². The number of amides is 2. The van der Waals surface area contributed by atoms with Crippen LogP contribution in [0.2, 0.25) is 0 Å². The Labute approximate surface area is 112 Å². The third-order valence-electron chi connectivity index (χ3n) is 2.63. The number of aliphatic carboxylic acids is 1. The maximum absolute atomic E-state index is 11.6. The lowest BCUT2D eigenvalue weighted by atomic mass is 10.3. The van der Waals surface area contributed by atoms with Crippen LogP contribution in [0.5, 0.6) is 0 Å². The molecule has 2 N–H and O–H groups in total. The normalized spacial score (nSPS) is 10.2. The lowest BCUT2D eigenvalue weighted by Crippen LogP contribution is -2.38. The highest BCUT2D eigenvalue weighted by molar-refractivity contribution is 5.73. The van der Waals surface area contributed by atoms with Gasteiger partial charge < -0.3 is 15.3 Å². The fourth-order valence-corrected chi connectivity index (χ4v) is 1.57. The van der Waals surface area contributed by atoms with Crippen LogP contribution in [0.1, 0.15) is 19.3 Å². The molecule has 0 unspecified atom stereocenters. The zero-order valence-corrected chi connectivity index (χ0v) is 11.1. The van der Waals surface area contributed by atoms with E-state index in [1.807, 2.05) is 16.9 Å². The Morgan fingerprint density at radius 1 is 1.42 bits per heavy atom. The molecule has 0 aliphatic carbocycles. The van der Waals surface area contributed by atoms with Gasteiger partial charge in [-0.05, 0) is 18.9 Å². The molecule has 106 valence electrons. The molecule has 0 atom stereocenters. The molecule has 0 saturated carbocycles. The van der Waals surface area contributed by atoms with E-state index in [9.17, 15) is 9.59 Å². The van der Waals surface area contributed by atoms with E-state index in [0.29, 0.717) is 19.5 Å². The number of carbonyl (C=O) groups excluding carboxylic acids is 1. The smallest absolute Gasteiger partial charge is 0.317 e. The predicted octanol–water partition coefficient (Wildman–Crippen LogP) is 0.779. The van der Waals surface area contributed by atoms with Crippen LogP contribution in [-0.4, -0.2) is 51.9 Å². The van der Waals surface area contributed by atoms with Gasteiger partial charge in [-0.25, -0.2) is 4.79 Å². The molecule has 1 rings (SSSR count). The number of carboxylic acid groups (broad SMARTS) is 1. The first kappa shape index (κ1) is 15.0. The summed E-state index contributed by atoms with van der Waals surface area (Å²) in [7, 11) is 1.66. The lowest BCUT2D eigenvalue weighted by Gasteiger charge is -2.17. The highest BCUT2D eigenvalue weighted by Gasteiger charge is 2.07. The monoisotopic (exact) mass is 268 g/mol. The fourth-order valence-electron chi connectivity index (χ4n) is 1.57. The lowest BCUT2D eigenvalue weighted by molar-refractivity contribution is -0.137. The second-order valence-electron chi connectivity index (χ2n) is 4.27. The minimum atomic E-state index is -0.840. The van der Waals surface area contributed by atoms with E-state index in [-0.39, 0.29) is 12.5 Å². The second-order valence-corrected chi connectivity index (χ2v) is 4.27. The summed E-state index contributed by atoms with van der Waals surface area (Å²) in [4.78, 5) is 23.5. The van der Waals surface area contributed by atoms with E-state index in [1.165, 1.54) is 4.90 Å². The van der Waals surface area contributed by atoms with Crippen LogP contribution in [0.4, 0.5) is 4.79 Å². The van der Waals surface area contributed by atoms with E-state index in [0.717, 1.165) is 13.0 Å². The Hall–Kier alpha value is -2.05. The van der Waals surface area contributed by atoms with Crippen LogP contribution >= 0.6 is 0 Å². The highest BCUT2D eigenvalue weighted by atomic mass is 16.4. The van der Waals surface area contributed by atoms with Gasteiger partial charge in [0, 0.05) is 45.5 Å². The average molecular weight is 268 g/mol. The van der Waals surface area contributed by atoms with Crippen LogP contribution in [-0.2, 0) is 11.3 Å². The minimum Gasteiger partial charge on any atom is -0.481 e. The fraction of sp³-hybridized carbons (Fsp3) is 0.583. The molecule has 1 aromatic rings. The Morgan fingerprint density at radius 2 is 2.21 bits per heavy atom. The van der Waals surface area contributed by atoms with Gasteiger partial charge in [0.2, 0.25) is 0 Å². The molecule has 7 nitrogen and oxygen atoms in total. The molecule has 0 fully saturated rings. The van der Waals surface area contributed by atoms with E-state index in [1.54, 1.807) is 13.2 Å². The number of rotatable bonds is 8. The van der Waals surface area contributed by atoms with Gasteiger partial charge >= 0.3 is 12.0 Å². The topological polar surface area (TPSA) is 87.5 Å². The molecule has 0 spiro atoms. The van der Waals surface area contributed by atoms with Crippen molar-refractivity contribution < 1.29 is 14.7 Å². The molecule has 2 amide bonds. The van der Waals surface area contributed by atoms with Crippen LogP contribution in [0, 0.1) is 0 Å². The number of urea groups is 1. The van der Waals surface area contributed by atoms with Crippen molar-refractivity contribution in [3.63, 3.8) is 0 Å². The molecular weight excluding hydrogens is 248 g/mol. The van der Waals surface area contributed by atoms with Crippen molar-refractivity contribution in [1.29, 1.82) is 0 Å². The van der Waals surface area contributed by atoms with Crippen molar-refractivity contribution in [2.24, 2.45) is 0 Å². The maximum Gasteiger partial charge on any atom is 0.317 e. The SMILES string of the molecule is CN(CCCC(=O)O)C(=O)NCCCn1cccn1. The van der Waals surface area contributed by atoms with E-state index >= 15 is 0 Å². The summed E-state index contributed by atoms with van der Waals surface area (Å²) in [5.41, 5.74) is 0. The number of hydrogen-bond acceptors (Lipinski definition) is 3. The van der Waals surface area contributed by atoms with Gasteiger partial charge in [0.1, 0.15) is 0 Å². The summed E-state index contributed by atoms with van der Waals surface area (Å²) in [5, 5.41) is 15.3. The van der Waals surface area contributed by atoms with Crippen LogP contribution in [0.3, 0.4) is 0 Å². The van der Waals surface area contributed by atoms with E-state index in [4.69, 9.17) is 5.11 Å². The minimum absolute atomic E-state index is 0.0803. The van der Waals surface area contributed by atoms with Crippen molar-refractivity contribution in [2.75, 3.05) is 20.1 Å².